The monoisotopic (exact) mass is 346 g/mol. The van der Waals surface area contributed by atoms with E-state index < -0.39 is 6.17 Å². The summed E-state index contributed by atoms with van der Waals surface area (Å²) >= 11 is 0. The molecule has 0 aromatic heterocycles. The predicted octanol–water partition coefficient (Wildman–Crippen LogP) is 4.04. The Balaban J connectivity index is 1.96. The van der Waals surface area contributed by atoms with E-state index in [0.29, 0.717) is 16.7 Å². The highest BCUT2D eigenvalue weighted by molar-refractivity contribution is 5.85. The molecule has 0 saturated heterocycles. The van der Waals surface area contributed by atoms with Gasteiger partial charge in [0.25, 0.3) is 0 Å². The van der Waals surface area contributed by atoms with E-state index in [1.54, 1.807) is 72.8 Å². The molecule has 3 aromatic rings. The van der Waals surface area contributed by atoms with Gasteiger partial charge in [0.15, 0.2) is 6.17 Å². The molecule has 3 rings (SSSR count). The molecule has 0 radical (unpaired) electrons. The van der Waals surface area contributed by atoms with Crippen LogP contribution in [0.2, 0.25) is 0 Å². The fourth-order valence-electron chi connectivity index (χ4n) is 2.40. The number of rotatable bonds is 5. The molecule has 0 aliphatic carbocycles. The van der Waals surface area contributed by atoms with Gasteiger partial charge in [0.2, 0.25) is 0 Å². The van der Waals surface area contributed by atoms with Gasteiger partial charge in [-0.15, -0.1) is 0 Å². The second-order valence-corrected chi connectivity index (χ2v) is 5.61. The highest BCUT2D eigenvalue weighted by Crippen LogP contribution is 2.28. The Morgan fingerprint density at radius 2 is 1.00 bits per heavy atom. The molecule has 0 spiro atoms. The molecular weight excluding hydrogens is 328 g/mol. The third-order valence-corrected chi connectivity index (χ3v) is 3.80. The lowest BCUT2D eigenvalue weighted by Gasteiger charge is -2.10. The molecule has 3 N–H and O–H groups in total. The number of phenolic OH excluding ortho intramolecular Hbond substituents is 3. The van der Waals surface area contributed by atoms with Gasteiger partial charge in [-0.25, -0.2) is 0 Å². The molecule has 130 valence electrons. The Bertz CT molecular complexity index is 896. The zero-order valence-electron chi connectivity index (χ0n) is 13.9. The quantitative estimate of drug-likeness (QED) is 0.610. The van der Waals surface area contributed by atoms with Gasteiger partial charge in [-0.3, -0.25) is 9.98 Å². The van der Waals surface area contributed by atoms with E-state index in [1.807, 2.05) is 0 Å². The minimum Gasteiger partial charge on any atom is -0.508 e. The zero-order chi connectivity index (χ0) is 18.4. The Morgan fingerprint density at radius 1 is 0.577 bits per heavy atom. The van der Waals surface area contributed by atoms with Crippen molar-refractivity contribution >= 4 is 12.4 Å². The minimum atomic E-state index is -0.726. The first-order valence-corrected chi connectivity index (χ1v) is 8.05. The molecule has 1 atom stereocenters. The molecule has 0 aliphatic heterocycles. The van der Waals surface area contributed by atoms with Crippen LogP contribution in [-0.4, -0.2) is 27.7 Å². The topological polar surface area (TPSA) is 85.4 Å². The third kappa shape index (κ3) is 4.08. The number of para-hydroxylation sites is 3. The van der Waals surface area contributed by atoms with E-state index in [-0.39, 0.29) is 17.2 Å². The number of phenols is 3. The van der Waals surface area contributed by atoms with Crippen molar-refractivity contribution in [2.75, 3.05) is 0 Å². The zero-order valence-corrected chi connectivity index (χ0v) is 13.9. The molecule has 5 nitrogen and oxygen atoms in total. The van der Waals surface area contributed by atoms with Crippen LogP contribution in [0.4, 0.5) is 0 Å². The minimum absolute atomic E-state index is 0.0707. The summed E-state index contributed by atoms with van der Waals surface area (Å²) in [4.78, 5) is 8.81. The SMILES string of the molecule is Oc1ccccc1C=NC(/N=C\c1ccccc1O)c1ccccc1O. The van der Waals surface area contributed by atoms with E-state index in [1.165, 1.54) is 12.4 Å². The third-order valence-electron chi connectivity index (χ3n) is 3.80. The Morgan fingerprint density at radius 3 is 1.46 bits per heavy atom. The molecule has 0 amide bonds. The summed E-state index contributed by atoms with van der Waals surface area (Å²) in [5.41, 5.74) is 1.61. The van der Waals surface area contributed by atoms with Crippen LogP contribution < -0.4 is 0 Å². The lowest BCUT2D eigenvalue weighted by atomic mass is 10.1. The van der Waals surface area contributed by atoms with Crippen molar-refractivity contribution in [3.05, 3.63) is 89.5 Å². The van der Waals surface area contributed by atoms with Crippen LogP contribution in [0.1, 0.15) is 22.9 Å². The summed E-state index contributed by atoms with van der Waals surface area (Å²) in [6.45, 7) is 0. The molecule has 0 heterocycles. The molecular formula is C21H18N2O3. The summed E-state index contributed by atoms with van der Waals surface area (Å²) in [5.74, 6) is 0.287. The van der Waals surface area contributed by atoms with Gasteiger partial charge in [-0.05, 0) is 30.3 Å². The van der Waals surface area contributed by atoms with Crippen molar-refractivity contribution in [1.82, 2.24) is 0 Å². The smallest absolute Gasteiger partial charge is 0.168 e. The predicted molar refractivity (Wildman–Crippen MR) is 102 cm³/mol. The second-order valence-electron chi connectivity index (χ2n) is 5.61. The van der Waals surface area contributed by atoms with Crippen LogP contribution in [0.5, 0.6) is 17.2 Å². The van der Waals surface area contributed by atoms with Crippen molar-refractivity contribution in [2.45, 2.75) is 6.17 Å². The molecule has 0 aliphatic rings. The van der Waals surface area contributed by atoms with Crippen LogP contribution in [0, 0.1) is 0 Å². The normalized spacial score (nSPS) is 12.6. The van der Waals surface area contributed by atoms with Crippen molar-refractivity contribution in [3.63, 3.8) is 0 Å². The highest BCUT2D eigenvalue weighted by Gasteiger charge is 2.12. The fourth-order valence-corrected chi connectivity index (χ4v) is 2.40. The number of hydrogen-bond acceptors (Lipinski definition) is 5. The van der Waals surface area contributed by atoms with Gasteiger partial charge in [0.05, 0.1) is 0 Å². The molecule has 0 saturated carbocycles. The first-order chi connectivity index (χ1) is 12.6. The lowest BCUT2D eigenvalue weighted by Crippen LogP contribution is -1.96. The number of nitrogens with zero attached hydrogens (tertiary/aromatic N) is 2. The first kappa shape index (κ1) is 17.2. The molecule has 0 fully saturated rings. The van der Waals surface area contributed by atoms with Crippen LogP contribution in [-0.2, 0) is 0 Å². The summed E-state index contributed by atoms with van der Waals surface area (Å²) in [5, 5.41) is 29.9. The van der Waals surface area contributed by atoms with Crippen LogP contribution in [0.25, 0.3) is 0 Å². The van der Waals surface area contributed by atoms with Crippen molar-refractivity contribution in [3.8, 4) is 17.2 Å². The molecule has 1 unspecified atom stereocenters. The number of benzene rings is 3. The van der Waals surface area contributed by atoms with Crippen LogP contribution >= 0.6 is 0 Å². The Hall–Kier alpha value is -3.60. The van der Waals surface area contributed by atoms with Crippen LogP contribution in [0.15, 0.2) is 82.8 Å². The maximum atomic E-state index is 10.1. The summed E-state index contributed by atoms with van der Waals surface area (Å²) in [6.07, 6.45) is 2.29. The van der Waals surface area contributed by atoms with E-state index in [0.717, 1.165) is 0 Å². The van der Waals surface area contributed by atoms with Crippen molar-refractivity contribution < 1.29 is 15.3 Å². The Labute approximate surface area is 151 Å². The number of aromatic hydroxyl groups is 3. The van der Waals surface area contributed by atoms with E-state index in [4.69, 9.17) is 0 Å². The van der Waals surface area contributed by atoms with Gasteiger partial charge in [0.1, 0.15) is 17.2 Å². The van der Waals surface area contributed by atoms with Crippen molar-refractivity contribution in [1.29, 1.82) is 0 Å². The average Bonchev–Trinajstić information content (AvgIpc) is 2.65. The Kier molecular flexibility index (Phi) is 5.29. The van der Waals surface area contributed by atoms with Gasteiger partial charge in [-0.2, -0.15) is 0 Å². The molecule has 3 aromatic carbocycles. The largest absolute Gasteiger partial charge is 0.508 e. The van der Waals surface area contributed by atoms with Gasteiger partial charge >= 0.3 is 0 Å². The lowest BCUT2D eigenvalue weighted by molar-refractivity contribution is 0.463. The van der Waals surface area contributed by atoms with E-state index >= 15 is 0 Å². The first-order valence-electron chi connectivity index (χ1n) is 8.05. The molecule has 5 heteroatoms. The maximum absolute atomic E-state index is 10.1. The van der Waals surface area contributed by atoms with Gasteiger partial charge < -0.3 is 15.3 Å². The van der Waals surface area contributed by atoms with Crippen molar-refractivity contribution in [2.24, 2.45) is 9.98 Å². The summed E-state index contributed by atoms with van der Waals surface area (Å²) < 4.78 is 0. The molecule has 26 heavy (non-hydrogen) atoms. The standard InChI is InChI=1S/C21H18N2O3/c24-18-10-4-1-7-15(18)13-22-21(17-9-3-6-12-20(17)26)23-14-16-8-2-5-11-19(16)25/h1-14,21,24-26H/b22-13-,23-14?. The maximum Gasteiger partial charge on any atom is 0.168 e. The summed E-state index contributed by atoms with van der Waals surface area (Å²) in [7, 11) is 0. The van der Waals surface area contributed by atoms with Crippen LogP contribution in [0.3, 0.4) is 0 Å². The average molecular weight is 346 g/mol. The fraction of sp³-hybridized carbons (Fsp3) is 0.0476. The van der Waals surface area contributed by atoms with E-state index in [9.17, 15) is 15.3 Å². The number of aliphatic imine (C=N–C) groups is 2. The highest BCUT2D eigenvalue weighted by atomic mass is 16.3. The second kappa shape index (κ2) is 7.98. The molecule has 0 bridgehead atoms. The van der Waals surface area contributed by atoms with E-state index in [2.05, 4.69) is 9.98 Å². The summed E-state index contributed by atoms with van der Waals surface area (Å²) in [6, 6.07) is 20.4. The number of hydrogen-bond donors (Lipinski definition) is 3. The van der Waals surface area contributed by atoms with Gasteiger partial charge in [0, 0.05) is 29.1 Å². The van der Waals surface area contributed by atoms with Gasteiger partial charge in [-0.1, -0.05) is 42.5 Å².